The van der Waals surface area contributed by atoms with E-state index in [0.717, 1.165) is 47.3 Å². The molecule has 0 aliphatic carbocycles. The summed E-state index contributed by atoms with van der Waals surface area (Å²) >= 11 is 0. The van der Waals surface area contributed by atoms with Crippen molar-refractivity contribution in [2.45, 2.75) is 20.3 Å². The lowest BCUT2D eigenvalue weighted by Gasteiger charge is -2.17. The van der Waals surface area contributed by atoms with Crippen molar-refractivity contribution in [3.63, 3.8) is 0 Å². The highest BCUT2D eigenvalue weighted by Crippen LogP contribution is 2.25. The third kappa shape index (κ3) is 4.26. The van der Waals surface area contributed by atoms with Gasteiger partial charge >= 0.3 is 6.03 Å². The number of amides is 1. The number of fused-ring (bicyclic) bond motifs is 1. The second-order valence-electron chi connectivity index (χ2n) is 6.60. The number of benzene rings is 1. The average Bonchev–Trinajstić information content (AvgIpc) is 3.11. The van der Waals surface area contributed by atoms with Gasteiger partial charge < -0.3 is 20.4 Å². The van der Waals surface area contributed by atoms with Crippen molar-refractivity contribution in [1.29, 1.82) is 0 Å². The number of primary amides is 1. The van der Waals surface area contributed by atoms with Gasteiger partial charge in [-0.1, -0.05) is 13.8 Å². The summed E-state index contributed by atoms with van der Waals surface area (Å²) in [5, 5.41) is 0.935. The Bertz CT molecular complexity index is 1020. The van der Waals surface area contributed by atoms with Crippen LogP contribution in [-0.2, 0) is 0 Å². The number of aromatic nitrogens is 2. The number of pyridine rings is 1. The number of hydrogen-bond donors (Lipinski definition) is 2. The van der Waals surface area contributed by atoms with Crippen molar-refractivity contribution >= 4 is 16.9 Å². The average molecular weight is 382 g/mol. The van der Waals surface area contributed by atoms with Gasteiger partial charge in [0.2, 0.25) is 0 Å². The predicted octanol–water partition coefficient (Wildman–Crippen LogP) is 3.03. The van der Waals surface area contributed by atoms with E-state index in [1.54, 1.807) is 12.1 Å². The second kappa shape index (κ2) is 8.75. The van der Waals surface area contributed by atoms with Gasteiger partial charge in [-0.05, 0) is 55.9 Å². The second-order valence-corrected chi connectivity index (χ2v) is 6.60. The van der Waals surface area contributed by atoms with Crippen LogP contribution in [-0.4, -0.2) is 46.7 Å². The monoisotopic (exact) mass is 382 g/mol. The van der Waals surface area contributed by atoms with Crippen LogP contribution in [0.5, 0.6) is 5.75 Å². The minimum Gasteiger partial charge on any atom is -0.494 e. The van der Waals surface area contributed by atoms with Gasteiger partial charge in [0.1, 0.15) is 5.75 Å². The first-order valence-corrected chi connectivity index (χ1v) is 9.53. The molecule has 0 aliphatic rings. The molecule has 0 aliphatic heterocycles. The molecule has 7 heteroatoms. The fourth-order valence-electron chi connectivity index (χ4n) is 3.24. The summed E-state index contributed by atoms with van der Waals surface area (Å²) < 4.78 is 6.77. The van der Waals surface area contributed by atoms with Gasteiger partial charge in [0, 0.05) is 23.6 Å². The Balaban J connectivity index is 1.76. The quantitative estimate of drug-likeness (QED) is 0.586. The number of carbonyl (C=O) groups excluding carboxylic acids is 1. The Kier molecular flexibility index (Phi) is 6.16. The number of H-pyrrole nitrogens is 1. The normalized spacial score (nSPS) is 11.2. The molecule has 2 heterocycles. The van der Waals surface area contributed by atoms with E-state index >= 15 is 0 Å². The Morgan fingerprint density at radius 3 is 2.71 bits per heavy atom. The van der Waals surface area contributed by atoms with Crippen LogP contribution >= 0.6 is 0 Å². The van der Waals surface area contributed by atoms with Gasteiger partial charge in [-0.2, -0.15) is 0 Å². The molecular weight excluding hydrogens is 356 g/mol. The van der Waals surface area contributed by atoms with E-state index in [-0.39, 0.29) is 0 Å². The van der Waals surface area contributed by atoms with Crippen LogP contribution in [0.25, 0.3) is 22.2 Å². The molecule has 0 saturated heterocycles. The summed E-state index contributed by atoms with van der Waals surface area (Å²) in [6, 6.07) is 10.1. The number of nitrogens with zero attached hydrogens (tertiary/aromatic N) is 2. The standard InChI is InChI=1S/C21H26N4O3/c1-3-24(4-2)10-6-12-28-16-8-9-18-15(13-16)14-19(23-18)17-7-5-11-25(20(17)26)21(22)27/h5,7-9,11,13-14,23H,3-4,6,10,12H2,1-2H3,(H2,22,27). The van der Waals surface area contributed by atoms with E-state index in [2.05, 4.69) is 23.7 Å². The van der Waals surface area contributed by atoms with Gasteiger partial charge in [-0.3, -0.25) is 4.79 Å². The van der Waals surface area contributed by atoms with E-state index in [1.165, 1.54) is 6.20 Å². The van der Waals surface area contributed by atoms with Crippen LogP contribution in [0, 0.1) is 0 Å². The smallest absolute Gasteiger partial charge is 0.325 e. The van der Waals surface area contributed by atoms with Crippen LogP contribution < -0.4 is 16.0 Å². The fraction of sp³-hybridized carbons (Fsp3) is 0.333. The lowest BCUT2D eigenvalue weighted by Crippen LogP contribution is -2.31. The summed E-state index contributed by atoms with van der Waals surface area (Å²) in [7, 11) is 0. The van der Waals surface area contributed by atoms with Crippen molar-refractivity contribution in [3.8, 4) is 17.0 Å². The molecule has 3 rings (SSSR count). The molecule has 0 atom stereocenters. The maximum atomic E-state index is 12.4. The van der Waals surface area contributed by atoms with E-state index in [1.807, 2.05) is 24.3 Å². The Morgan fingerprint density at radius 1 is 1.21 bits per heavy atom. The highest BCUT2D eigenvalue weighted by molar-refractivity contribution is 5.87. The number of carbonyl (C=O) groups is 1. The third-order valence-corrected chi connectivity index (χ3v) is 4.85. The lowest BCUT2D eigenvalue weighted by atomic mass is 10.2. The van der Waals surface area contributed by atoms with Gasteiger partial charge in [0.05, 0.1) is 17.9 Å². The van der Waals surface area contributed by atoms with E-state index < -0.39 is 11.6 Å². The summed E-state index contributed by atoms with van der Waals surface area (Å²) in [5.74, 6) is 0.792. The van der Waals surface area contributed by atoms with Crippen molar-refractivity contribution < 1.29 is 9.53 Å². The van der Waals surface area contributed by atoms with Crippen LogP contribution in [0.4, 0.5) is 4.79 Å². The molecule has 0 saturated carbocycles. The molecule has 1 aromatic carbocycles. The topological polar surface area (TPSA) is 93.3 Å². The molecule has 1 amide bonds. The minimum atomic E-state index is -0.802. The van der Waals surface area contributed by atoms with Crippen LogP contribution in [0.3, 0.4) is 0 Å². The Hall–Kier alpha value is -3.06. The molecule has 0 fully saturated rings. The largest absolute Gasteiger partial charge is 0.494 e. The molecule has 0 spiro atoms. The number of aromatic amines is 1. The molecule has 148 valence electrons. The van der Waals surface area contributed by atoms with Gasteiger partial charge in [0.25, 0.3) is 5.56 Å². The van der Waals surface area contributed by atoms with Crippen molar-refractivity contribution in [2.75, 3.05) is 26.2 Å². The van der Waals surface area contributed by atoms with Crippen molar-refractivity contribution in [2.24, 2.45) is 5.73 Å². The number of nitrogens with one attached hydrogen (secondary N) is 1. The number of hydrogen-bond acceptors (Lipinski definition) is 4. The van der Waals surface area contributed by atoms with Gasteiger partial charge in [-0.15, -0.1) is 0 Å². The zero-order chi connectivity index (χ0) is 20.1. The molecule has 2 aromatic heterocycles. The minimum absolute atomic E-state index is 0.388. The zero-order valence-corrected chi connectivity index (χ0v) is 16.3. The number of ether oxygens (including phenoxy) is 1. The number of nitrogens with two attached hydrogens (primary N) is 1. The summed E-state index contributed by atoms with van der Waals surface area (Å²) in [6.45, 7) is 8.08. The van der Waals surface area contributed by atoms with Crippen molar-refractivity contribution in [1.82, 2.24) is 14.5 Å². The molecular formula is C21H26N4O3. The molecule has 3 N–H and O–H groups in total. The van der Waals surface area contributed by atoms with E-state index in [4.69, 9.17) is 10.5 Å². The fourth-order valence-corrected chi connectivity index (χ4v) is 3.24. The predicted molar refractivity (Wildman–Crippen MR) is 111 cm³/mol. The molecule has 28 heavy (non-hydrogen) atoms. The molecule has 7 nitrogen and oxygen atoms in total. The van der Waals surface area contributed by atoms with Crippen LogP contribution in [0.1, 0.15) is 20.3 Å². The van der Waals surface area contributed by atoms with Gasteiger partial charge in [-0.25, -0.2) is 9.36 Å². The first-order chi connectivity index (χ1) is 13.5. The summed E-state index contributed by atoms with van der Waals surface area (Å²) in [5.41, 5.74) is 6.71. The Morgan fingerprint density at radius 2 is 2.00 bits per heavy atom. The first-order valence-electron chi connectivity index (χ1n) is 9.53. The summed E-state index contributed by atoms with van der Waals surface area (Å²) in [4.78, 5) is 29.4. The van der Waals surface area contributed by atoms with E-state index in [9.17, 15) is 9.59 Å². The third-order valence-electron chi connectivity index (χ3n) is 4.85. The van der Waals surface area contributed by atoms with Crippen LogP contribution in [0.15, 0.2) is 47.4 Å². The molecule has 0 unspecified atom stereocenters. The summed E-state index contributed by atoms with van der Waals surface area (Å²) in [6.07, 6.45) is 2.33. The highest BCUT2D eigenvalue weighted by atomic mass is 16.5. The lowest BCUT2D eigenvalue weighted by molar-refractivity contribution is 0.249. The van der Waals surface area contributed by atoms with Crippen molar-refractivity contribution in [3.05, 3.63) is 52.9 Å². The maximum absolute atomic E-state index is 12.4. The first kappa shape index (κ1) is 19.7. The van der Waals surface area contributed by atoms with Gasteiger partial charge in [0.15, 0.2) is 0 Å². The zero-order valence-electron chi connectivity index (χ0n) is 16.3. The maximum Gasteiger partial charge on any atom is 0.325 e. The molecule has 3 aromatic rings. The molecule has 0 bridgehead atoms. The molecule has 0 radical (unpaired) electrons. The SMILES string of the molecule is CCN(CC)CCCOc1ccc2[nH]c(-c3cccn(C(N)=O)c3=O)cc2c1. The number of rotatable bonds is 8. The highest BCUT2D eigenvalue weighted by Gasteiger charge is 2.11. The van der Waals surface area contributed by atoms with Crippen LogP contribution in [0.2, 0.25) is 0 Å². The van der Waals surface area contributed by atoms with E-state index in [0.29, 0.717) is 17.9 Å². The Labute approximate surface area is 163 Å².